The molecular formula is C62H98O6. The Morgan fingerprint density at radius 1 is 0.309 bits per heavy atom. The summed E-state index contributed by atoms with van der Waals surface area (Å²) in [5.74, 6) is -1.00. The van der Waals surface area contributed by atoms with Gasteiger partial charge in [-0.3, -0.25) is 14.4 Å². The van der Waals surface area contributed by atoms with E-state index in [1.165, 1.54) is 38.5 Å². The highest BCUT2D eigenvalue weighted by molar-refractivity contribution is 5.71. The van der Waals surface area contributed by atoms with Gasteiger partial charge in [-0.2, -0.15) is 0 Å². The molecule has 0 spiro atoms. The van der Waals surface area contributed by atoms with Crippen molar-refractivity contribution in [3.8, 4) is 0 Å². The molecule has 0 aliphatic rings. The van der Waals surface area contributed by atoms with Crippen LogP contribution in [0, 0.1) is 0 Å². The van der Waals surface area contributed by atoms with E-state index in [4.69, 9.17) is 14.2 Å². The van der Waals surface area contributed by atoms with Crippen LogP contribution in [0.2, 0.25) is 0 Å². The number of esters is 3. The molecule has 6 nitrogen and oxygen atoms in total. The van der Waals surface area contributed by atoms with Gasteiger partial charge in [0.2, 0.25) is 0 Å². The van der Waals surface area contributed by atoms with Gasteiger partial charge in [-0.05, 0) is 122 Å². The number of hydrogen-bond acceptors (Lipinski definition) is 6. The number of rotatable bonds is 47. The molecule has 0 radical (unpaired) electrons. The zero-order chi connectivity index (χ0) is 49.3. The van der Waals surface area contributed by atoms with E-state index in [-0.39, 0.29) is 37.5 Å². The minimum Gasteiger partial charge on any atom is -0.462 e. The fourth-order valence-electron chi connectivity index (χ4n) is 6.78. The highest BCUT2D eigenvalue weighted by Crippen LogP contribution is 2.12. The van der Waals surface area contributed by atoms with E-state index in [1.807, 2.05) is 0 Å². The average molecular weight is 939 g/mol. The van der Waals surface area contributed by atoms with Crippen molar-refractivity contribution in [1.29, 1.82) is 0 Å². The van der Waals surface area contributed by atoms with E-state index in [9.17, 15) is 14.4 Å². The summed E-state index contributed by atoms with van der Waals surface area (Å²) in [6.07, 6.45) is 77.4. The number of hydrogen-bond donors (Lipinski definition) is 0. The predicted molar refractivity (Wildman–Crippen MR) is 292 cm³/mol. The normalized spacial score (nSPS) is 13.2. The molecule has 0 aromatic heterocycles. The lowest BCUT2D eigenvalue weighted by atomic mass is 10.1. The monoisotopic (exact) mass is 939 g/mol. The summed E-state index contributed by atoms with van der Waals surface area (Å²) >= 11 is 0. The highest BCUT2D eigenvalue weighted by atomic mass is 16.6. The number of unbranched alkanes of at least 4 members (excludes halogenated alkanes) is 14. The van der Waals surface area contributed by atoms with Crippen molar-refractivity contribution in [2.45, 2.75) is 226 Å². The third-order valence-electron chi connectivity index (χ3n) is 10.8. The molecule has 6 heteroatoms. The van der Waals surface area contributed by atoms with Gasteiger partial charge in [-0.15, -0.1) is 0 Å². The van der Waals surface area contributed by atoms with Crippen LogP contribution >= 0.6 is 0 Å². The van der Waals surface area contributed by atoms with E-state index >= 15 is 0 Å². The summed E-state index contributed by atoms with van der Waals surface area (Å²) in [4.78, 5) is 37.9. The van der Waals surface area contributed by atoms with E-state index in [0.29, 0.717) is 19.3 Å². The summed E-state index contributed by atoms with van der Waals surface area (Å²) in [5, 5.41) is 0. The van der Waals surface area contributed by atoms with Crippen LogP contribution in [0.1, 0.15) is 220 Å². The first-order valence-electron chi connectivity index (χ1n) is 27.2. The third kappa shape index (κ3) is 52.5. The lowest BCUT2D eigenvalue weighted by Gasteiger charge is -2.18. The van der Waals surface area contributed by atoms with E-state index in [0.717, 1.165) is 135 Å². The second kappa shape index (κ2) is 55.1. The smallest absolute Gasteiger partial charge is 0.306 e. The number of allylic oxidation sites excluding steroid dienone is 22. The van der Waals surface area contributed by atoms with Gasteiger partial charge < -0.3 is 14.2 Å². The van der Waals surface area contributed by atoms with Crippen LogP contribution in [-0.2, 0) is 28.6 Å². The maximum absolute atomic E-state index is 12.7. The lowest BCUT2D eigenvalue weighted by Crippen LogP contribution is -2.30. The second-order valence-electron chi connectivity index (χ2n) is 17.4. The fraction of sp³-hybridized carbons (Fsp3) is 0.597. The molecule has 0 fully saturated rings. The first-order chi connectivity index (χ1) is 33.5. The molecular weight excluding hydrogens is 841 g/mol. The number of carbonyl (C=O) groups excluding carboxylic acids is 3. The zero-order valence-electron chi connectivity index (χ0n) is 43.6. The van der Waals surface area contributed by atoms with Gasteiger partial charge in [0.15, 0.2) is 6.10 Å². The van der Waals surface area contributed by atoms with Gasteiger partial charge in [-0.25, -0.2) is 0 Å². The Hall–Kier alpha value is -4.45. The van der Waals surface area contributed by atoms with Crippen LogP contribution in [-0.4, -0.2) is 37.2 Å². The van der Waals surface area contributed by atoms with E-state index in [2.05, 4.69) is 154 Å². The van der Waals surface area contributed by atoms with Crippen LogP contribution < -0.4 is 0 Å². The summed E-state index contributed by atoms with van der Waals surface area (Å²) in [5.41, 5.74) is 0. The van der Waals surface area contributed by atoms with Gasteiger partial charge in [-0.1, -0.05) is 212 Å². The van der Waals surface area contributed by atoms with Crippen LogP contribution in [0.5, 0.6) is 0 Å². The summed E-state index contributed by atoms with van der Waals surface area (Å²) in [6.45, 7) is 6.33. The van der Waals surface area contributed by atoms with Gasteiger partial charge in [0.05, 0.1) is 0 Å². The molecule has 0 aliphatic heterocycles. The molecule has 0 aromatic carbocycles. The third-order valence-corrected chi connectivity index (χ3v) is 10.8. The van der Waals surface area contributed by atoms with Gasteiger partial charge in [0.1, 0.15) is 13.2 Å². The highest BCUT2D eigenvalue weighted by Gasteiger charge is 2.19. The number of carbonyl (C=O) groups is 3. The maximum Gasteiger partial charge on any atom is 0.306 e. The van der Waals surface area contributed by atoms with Crippen molar-refractivity contribution >= 4 is 17.9 Å². The SMILES string of the molecule is CC/C=C\C/C=C\C/C=C\C/C=C\C/C=C\C/C=C\C/C=C\C/C=C\C/C=C\CCCC(=O)OCC(COC(=O)CCCCCCC/C=C\CCC)OC(=O)CCCCCCC/C=C\CCCC. The topological polar surface area (TPSA) is 78.9 Å². The second-order valence-corrected chi connectivity index (χ2v) is 17.4. The van der Waals surface area contributed by atoms with Crippen LogP contribution in [0.3, 0.4) is 0 Å². The molecule has 68 heavy (non-hydrogen) atoms. The standard InChI is InChI=1S/C62H98O6/c1-4-7-10-13-16-19-22-23-24-25-26-27-28-29-30-31-32-33-34-35-36-37-38-39-41-43-46-49-52-55-61(64)67-58-59(57-66-60(63)54-51-48-45-42-21-18-15-12-9-6-3)68-62(65)56-53-50-47-44-40-20-17-14-11-8-5-2/h7,10,12,14-17,19,23-24,26-27,29-30,32-33,35-36,38-39,43,46,59H,4-6,8-9,11,13,18,20-22,25,28,31,34,37,40-42,44-45,47-58H2,1-3H3/b10-7-,15-12-,17-14-,19-16-,24-23-,27-26-,30-29-,33-32-,36-35-,39-38-,46-43-. The number of ether oxygens (including phenoxy) is 3. The average Bonchev–Trinajstić information content (AvgIpc) is 3.34. The summed E-state index contributed by atoms with van der Waals surface area (Å²) in [7, 11) is 0. The van der Waals surface area contributed by atoms with Crippen molar-refractivity contribution < 1.29 is 28.6 Å². The zero-order valence-corrected chi connectivity index (χ0v) is 43.6. The Morgan fingerprint density at radius 2 is 0.618 bits per heavy atom. The molecule has 0 bridgehead atoms. The van der Waals surface area contributed by atoms with Crippen molar-refractivity contribution in [2.24, 2.45) is 0 Å². The molecule has 382 valence electrons. The van der Waals surface area contributed by atoms with Crippen LogP contribution in [0.25, 0.3) is 0 Å². The fourth-order valence-corrected chi connectivity index (χ4v) is 6.78. The molecule has 0 amide bonds. The first kappa shape index (κ1) is 63.5. The molecule has 0 rings (SSSR count). The minimum absolute atomic E-state index is 0.108. The lowest BCUT2D eigenvalue weighted by molar-refractivity contribution is -0.167. The largest absolute Gasteiger partial charge is 0.462 e. The Bertz CT molecular complexity index is 1500. The van der Waals surface area contributed by atoms with Gasteiger partial charge >= 0.3 is 17.9 Å². The first-order valence-corrected chi connectivity index (χ1v) is 27.2. The predicted octanol–water partition coefficient (Wildman–Crippen LogP) is 18.3. The Labute approximate surface area is 417 Å². The molecule has 1 atom stereocenters. The Kier molecular flexibility index (Phi) is 51.5. The Morgan fingerprint density at radius 3 is 1.03 bits per heavy atom. The molecule has 0 heterocycles. The molecule has 1 unspecified atom stereocenters. The van der Waals surface area contributed by atoms with E-state index in [1.54, 1.807) is 0 Å². The van der Waals surface area contributed by atoms with Gasteiger partial charge in [0.25, 0.3) is 0 Å². The minimum atomic E-state index is -0.811. The van der Waals surface area contributed by atoms with Gasteiger partial charge in [0, 0.05) is 19.3 Å². The summed E-state index contributed by atoms with van der Waals surface area (Å²) in [6, 6.07) is 0. The van der Waals surface area contributed by atoms with Crippen LogP contribution in [0.15, 0.2) is 134 Å². The molecule has 0 aromatic rings. The molecule has 0 saturated heterocycles. The van der Waals surface area contributed by atoms with E-state index < -0.39 is 6.10 Å². The molecule has 0 saturated carbocycles. The van der Waals surface area contributed by atoms with Crippen molar-refractivity contribution in [3.63, 3.8) is 0 Å². The summed E-state index contributed by atoms with van der Waals surface area (Å²) < 4.78 is 16.7. The van der Waals surface area contributed by atoms with Crippen molar-refractivity contribution in [2.75, 3.05) is 13.2 Å². The maximum atomic E-state index is 12.7. The molecule has 0 N–H and O–H groups in total. The Balaban J connectivity index is 4.36. The van der Waals surface area contributed by atoms with Crippen molar-refractivity contribution in [3.05, 3.63) is 134 Å². The van der Waals surface area contributed by atoms with Crippen molar-refractivity contribution in [1.82, 2.24) is 0 Å². The quantitative estimate of drug-likeness (QED) is 0.0262. The molecule has 0 aliphatic carbocycles. The van der Waals surface area contributed by atoms with Crippen LogP contribution in [0.4, 0.5) is 0 Å².